The second-order valence-corrected chi connectivity index (χ2v) is 7.84. The third-order valence-electron chi connectivity index (χ3n) is 3.24. The molecule has 2 N–H and O–H groups in total. The maximum Gasteiger partial charge on any atom is 0.240 e. The van der Waals surface area contributed by atoms with Crippen LogP contribution in [-0.2, 0) is 14.8 Å². The van der Waals surface area contributed by atoms with E-state index in [1.165, 1.54) is 12.1 Å². The second-order valence-electron chi connectivity index (χ2n) is 5.00. The normalized spacial score (nSPS) is 15.5. The number of nitrogens with one attached hydrogen (secondary N) is 2. The Labute approximate surface area is 129 Å². The molecule has 116 valence electrons. The summed E-state index contributed by atoms with van der Waals surface area (Å²) < 4.78 is 26.8. The number of anilines is 1. The Morgan fingerprint density at radius 1 is 1.38 bits per heavy atom. The lowest BCUT2D eigenvalue weighted by molar-refractivity contribution is -0.118. The molecule has 0 aliphatic carbocycles. The van der Waals surface area contributed by atoms with Crippen molar-refractivity contribution in [1.29, 1.82) is 0 Å². The quantitative estimate of drug-likeness (QED) is 0.751. The molecule has 5 nitrogen and oxygen atoms in total. The molecule has 0 radical (unpaired) electrons. The van der Waals surface area contributed by atoms with E-state index in [1.807, 2.05) is 6.92 Å². The van der Waals surface area contributed by atoms with Crippen molar-refractivity contribution in [3.05, 3.63) is 24.3 Å². The molecule has 1 aromatic carbocycles. The van der Waals surface area contributed by atoms with Gasteiger partial charge in [0.2, 0.25) is 15.9 Å². The van der Waals surface area contributed by atoms with Crippen molar-refractivity contribution in [2.45, 2.75) is 24.7 Å². The number of hydrogen-bond donors (Lipinski definition) is 2. The molecular weight excluding hydrogens is 308 g/mol. The Kier molecular flexibility index (Phi) is 5.66. The minimum atomic E-state index is -3.51. The van der Waals surface area contributed by atoms with E-state index in [1.54, 1.807) is 23.9 Å². The van der Waals surface area contributed by atoms with Crippen LogP contribution in [0.4, 0.5) is 5.69 Å². The van der Waals surface area contributed by atoms with Gasteiger partial charge in [0, 0.05) is 23.7 Å². The number of sulfonamides is 1. The molecule has 0 atom stereocenters. The van der Waals surface area contributed by atoms with Crippen LogP contribution in [0.15, 0.2) is 29.2 Å². The summed E-state index contributed by atoms with van der Waals surface area (Å²) in [5.74, 6) is 1.67. The number of amides is 1. The Morgan fingerprint density at radius 3 is 2.76 bits per heavy atom. The zero-order valence-electron chi connectivity index (χ0n) is 12.0. The molecule has 7 heteroatoms. The Balaban J connectivity index is 2.04. The molecule has 1 aliphatic heterocycles. The fourth-order valence-electron chi connectivity index (χ4n) is 1.84. The van der Waals surface area contributed by atoms with Crippen molar-refractivity contribution in [2.24, 2.45) is 5.92 Å². The lowest BCUT2D eigenvalue weighted by Gasteiger charge is -2.23. The zero-order valence-corrected chi connectivity index (χ0v) is 13.6. The highest BCUT2D eigenvalue weighted by Gasteiger charge is 2.26. The summed E-state index contributed by atoms with van der Waals surface area (Å²) in [5.41, 5.74) is 0.523. The number of carbonyl (C=O) groups is 1. The predicted octanol–water partition coefficient (Wildman–Crippen LogP) is 2.07. The van der Waals surface area contributed by atoms with Crippen LogP contribution in [0.5, 0.6) is 0 Å². The van der Waals surface area contributed by atoms with E-state index in [9.17, 15) is 13.2 Å². The summed E-state index contributed by atoms with van der Waals surface area (Å²) in [4.78, 5) is 12.1. The fourth-order valence-corrected chi connectivity index (χ4v) is 3.73. The van der Waals surface area contributed by atoms with Crippen molar-refractivity contribution < 1.29 is 13.2 Å². The lowest BCUT2D eigenvalue weighted by atomic mass is 10.2. The molecule has 21 heavy (non-hydrogen) atoms. The summed E-state index contributed by atoms with van der Waals surface area (Å²) in [6.07, 6.45) is 1.73. The van der Waals surface area contributed by atoms with Gasteiger partial charge in [0.15, 0.2) is 0 Å². The molecule has 1 aliphatic rings. The number of hydrogen-bond acceptors (Lipinski definition) is 4. The first-order valence-electron chi connectivity index (χ1n) is 7.01. The SMILES string of the molecule is CCCCNS(=O)(=O)c1cccc(NC(=O)C2CSC2)c1. The monoisotopic (exact) mass is 328 g/mol. The van der Waals surface area contributed by atoms with Crippen LogP contribution in [0.25, 0.3) is 0 Å². The number of rotatable bonds is 7. The lowest BCUT2D eigenvalue weighted by Crippen LogP contribution is -2.32. The minimum Gasteiger partial charge on any atom is -0.326 e. The minimum absolute atomic E-state index is 0.0396. The highest BCUT2D eigenvalue weighted by molar-refractivity contribution is 8.00. The zero-order chi connectivity index (χ0) is 15.3. The van der Waals surface area contributed by atoms with Gasteiger partial charge in [0.25, 0.3) is 0 Å². The van der Waals surface area contributed by atoms with E-state index < -0.39 is 10.0 Å². The van der Waals surface area contributed by atoms with E-state index in [4.69, 9.17) is 0 Å². The molecule has 0 bridgehead atoms. The third-order valence-corrected chi connectivity index (χ3v) is 5.98. The summed E-state index contributed by atoms with van der Waals surface area (Å²) in [7, 11) is -3.51. The average Bonchev–Trinajstić information content (AvgIpc) is 2.37. The van der Waals surface area contributed by atoms with Crippen molar-refractivity contribution in [3.63, 3.8) is 0 Å². The second kappa shape index (κ2) is 7.29. The first kappa shape index (κ1) is 16.3. The third kappa shape index (κ3) is 4.46. The molecule has 1 heterocycles. The molecule has 1 fully saturated rings. The summed E-state index contributed by atoms with van der Waals surface area (Å²) in [6.45, 7) is 2.43. The Hall–Kier alpha value is -1.05. The molecular formula is C14H20N2O3S2. The van der Waals surface area contributed by atoms with E-state index in [0.29, 0.717) is 12.2 Å². The van der Waals surface area contributed by atoms with Crippen molar-refractivity contribution in [2.75, 3.05) is 23.4 Å². The maximum atomic E-state index is 12.1. The molecule has 1 amide bonds. The summed E-state index contributed by atoms with van der Waals surface area (Å²) in [6, 6.07) is 6.37. The van der Waals surface area contributed by atoms with Crippen molar-refractivity contribution >= 4 is 33.4 Å². The first-order valence-corrected chi connectivity index (χ1v) is 9.65. The van der Waals surface area contributed by atoms with E-state index in [2.05, 4.69) is 10.0 Å². The first-order chi connectivity index (χ1) is 10.0. The van der Waals surface area contributed by atoms with Crippen LogP contribution in [0, 0.1) is 5.92 Å². The van der Waals surface area contributed by atoms with E-state index >= 15 is 0 Å². The molecule has 1 saturated heterocycles. The molecule has 1 aromatic rings. The van der Waals surface area contributed by atoms with Crippen LogP contribution < -0.4 is 10.0 Å². The van der Waals surface area contributed by atoms with Gasteiger partial charge in [0.05, 0.1) is 10.8 Å². The summed E-state index contributed by atoms with van der Waals surface area (Å²) >= 11 is 1.74. The Morgan fingerprint density at radius 2 is 2.14 bits per heavy atom. The topological polar surface area (TPSA) is 75.3 Å². The van der Waals surface area contributed by atoms with Gasteiger partial charge in [-0.3, -0.25) is 4.79 Å². The van der Waals surface area contributed by atoms with Crippen molar-refractivity contribution in [1.82, 2.24) is 4.72 Å². The van der Waals surface area contributed by atoms with Gasteiger partial charge in [-0.15, -0.1) is 0 Å². The number of carbonyl (C=O) groups excluding carboxylic acids is 1. The highest BCUT2D eigenvalue weighted by Crippen LogP contribution is 2.26. The van der Waals surface area contributed by atoms with Crippen LogP contribution in [0.2, 0.25) is 0 Å². The molecule has 0 saturated carbocycles. The van der Waals surface area contributed by atoms with Crippen LogP contribution >= 0.6 is 11.8 Å². The maximum absolute atomic E-state index is 12.1. The van der Waals surface area contributed by atoms with E-state index in [-0.39, 0.29) is 16.7 Å². The van der Waals surface area contributed by atoms with Crippen LogP contribution in [0.1, 0.15) is 19.8 Å². The standard InChI is InChI=1S/C14H20N2O3S2/c1-2-3-7-15-21(18,19)13-6-4-5-12(8-13)16-14(17)11-9-20-10-11/h4-6,8,11,15H,2-3,7,9-10H2,1H3,(H,16,17). The summed E-state index contributed by atoms with van der Waals surface area (Å²) in [5, 5.41) is 2.78. The van der Waals surface area contributed by atoms with E-state index in [0.717, 1.165) is 24.3 Å². The van der Waals surface area contributed by atoms with Gasteiger partial charge in [-0.2, -0.15) is 11.8 Å². The van der Waals surface area contributed by atoms with Gasteiger partial charge in [-0.05, 0) is 24.6 Å². The Bertz CT molecular complexity index is 598. The van der Waals surface area contributed by atoms with Gasteiger partial charge in [-0.1, -0.05) is 19.4 Å². The van der Waals surface area contributed by atoms with Crippen molar-refractivity contribution in [3.8, 4) is 0 Å². The smallest absolute Gasteiger partial charge is 0.240 e. The molecule has 0 unspecified atom stereocenters. The van der Waals surface area contributed by atoms with Gasteiger partial charge in [-0.25, -0.2) is 13.1 Å². The predicted molar refractivity (Wildman–Crippen MR) is 86.0 cm³/mol. The molecule has 0 aromatic heterocycles. The van der Waals surface area contributed by atoms with Gasteiger partial charge in [0.1, 0.15) is 0 Å². The number of benzene rings is 1. The average molecular weight is 328 g/mol. The van der Waals surface area contributed by atoms with Crippen LogP contribution in [0.3, 0.4) is 0 Å². The molecule has 2 rings (SSSR count). The largest absolute Gasteiger partial charge is 0.326 e. The highest BCUT2D eigenvalue weighted by atomic mass is 32.2. The van der Waals surface area contributed by atoms with Gasteiger partial charge >= 0.3 is 0 Å². The number of thioether (sulfide) groups is 1. The number of unbranched alkanes of at least 4 members (excludes halogenated alkanes) is 1. The van der Waals surface area contributed by atoms with Crippen LogP contribution in [-0.4, -0.2) is 32.4 Å². The van der Waals surface area contributed by atoms with Gasteiger partial charge < -0.3 is 5.32 Å². The molecule has 0 spiro atoms. The fraction of sp³-hybridized carbons (Fsp3) is 0.500.